The molecular weight excluding hydrogens is 263 g/mol. The number of halogens is 3. The Bertz CT molecular complexity index is 275. The van der Waals surface area contributed by atoms with Crippen molar-refractivity contribution in [3.63, 3.8) is 0 Å². The standard InChI is InChI=1S/C12H20F3NOS/c13-12(14,15)8-16(10-1-2-10)7-11(9-18)3-5-17-6-4-11/h10,18H,1-9H2. The third-order valence-electron chi connectivity index (χ3n) is 3.87. The first-order chi connectivity index (χ1) is 8.44. The average Bonchev–Trinajstić information content (AvgIpc) is 3.11. The molecule has 0 N–H and O–H groups in total. The molecule has 1 heterocycles. The van der Waals surface area contributed by atoms with Gasteiger partial charge in [0.05, 0.1) is 6.54 Å². The summed E-state index contributed by atoms with van der Waals surface area (Å²) >= 11 is 4.36. The summed E-state index contributed by atoms with van der Waals surface area (Å²) in [5, 5.41) is 0. The van der Waals surface area contributed by atoms with E-state index in [2.05, 4.69) is 12.6 Å². The van der Waals surface area contributed by atoms with Crippen LogP contribution in [0.2, 0.25) is 0 Å². The van der Waals surface area contributed by atoms with Crippen molar-refractivity contribution in [3.8, 4) is 0 Å². The Labute approximate surface area is 111 Å². The highest BCUT2D eigenvalue weighted by Gasteiger charge is 2.42. The van der Waals surface area contributed by atoms with Gasteiger partial charge in [0.25, 0.3) is 0 Å². The summed E-state index contributed by atoms with van der Waals surface area (Å²) in [5.74, 6) is 0.636. The van der Waals surface area contributed by atoms with Gasteiger partial charge in [-0.3, -0.25) is 4.90 Å². The van der Waals surface area contributed by atoms with Crippen molar-refractivity contribution >= 4 is 12.6 Å². The quantitative estimate of drug-likeness (QED) is 0.779. The zero-order valence-electron chi connectivity index (χ0n) is 10.4. The third kappa shape index (κ3) is 4.03. The Balaban J connectivity index is 1.98. The molecule has 2 rings (SSSR count). The van der Waals surface area contributed by atoms with Crippen molar-refractivity contribution in [2.75, 3.05) is 32.1 Å². The first-order valence-electron chi connectivity index (χ1n) is 6.44. The topological polar surface area (TPSA) is 12.5 Å². The molecule has 2 fully saturated rings. The molecule has 2 nitrogen and oxygen atoms in total. The number of ether oxygens (including phenoxy) is 1. The lowest BCUT2D eigenvalue weighted by atomic mass is 9.81. The lowest BCUT2D eigenvalue weighted by Crippen LogP contribution is -2.46. The van der Waals surface area contributed by atoms with E-state index < -0.39 is 12.7 Å². The number of rotatable bonds is 5. The van der Waals surface area contributed by atoms with E-state index in [9.17, 15) is 13.2 Å². The van der Waals surface area contributed by atoms with Crippen LogP contribution in [0.4, 0.5) is 13.2 Å². The van der Waals surface area contributed by atoms with Crippen molar-refractivity contribution < 1.29 is 17.9 Å². The highest BCUT2D eigenvalue weighted by Crippen LogP contribution is 2.38. The highest BCUT2D eigenvalue weighted by atomic mass is 32.1. The van der Waals surface area contributed by atoms with Crippen LogP contribution >= 0.6 is 12.6 Å². The molecule has 0 unspecified atom stereocenters. The molecule has 0 spiro atoms. The minimum absolute atomic E-state index is 0.102. The molecule has 0 bridgehead atoms. The normalized spacial score (nSPS) is 24.5. The van der Waals surface area contributed by atoms with Gasteiger partial charge < -0.3 is 4.74 Å². The van der Waals surface area contributed by atoms with Crippen LogP contribution in [0, 0.1) is 5.41 Å². The Morgan fingerprint density at radius 3 is 2.28 bits per heavy atom. The molecule has 0 radical (unpaired) electrons. The predicted molar refractivity (Wildman–Crippen MR) is 67.0 cm³/mol. The molecule has 1 aliphatic carbocycles. The van der Waals surface area contributed by atoms with E-state index >= 15 is 0 Å². The second-order valence-electron chi connectivity index (χ2n) is 5.52. The number of thiol groups is 1. The lowest BCUT2D eigenvalue weighted by molar-refractivity contribution is -0.151. The fraction of sp³-hybridized carbons (Fsp3) is 1.00. The van der Waals surface area contributed by atoms with Crippen LogP contribution in [0.3, 0.4) is 0 Å². The molecule has 1 saturated carbocycles. The van der Waals surface area contributed by atoms with Crippen LogP contribution in [0.25, 0.3) is 0 Å². The SMILES string of the molecule is FC(F)(F)CN(CC1(CS)CCOCC1)C1CC1. The molecule has 1 aliphatic heterocycles. The predicted octanol–water partition coefficient (Wildman–Crippen LogP) is 2.74. The highest BCUT2D eigenvalue weighted by molar-refractivity contribution is 7.80. The largest absolute Gasteiger partial charge is 0.401 e. The molecule has 2 aliphatic rings. The van der Waals surface area contributed by atoms with Gasteiger partial charge in [-0.1, -0.05) is 0 Å². The van der Waals surface area contributed by atoms with Crippen molar-refractivity contribution in [1.29, 1.82) is 0 Å². The van der Waals surface area contributed by atoms with Crippen LogP contribution in [0.1, 0.15) is 25.7 Å². The number of hydrogen-bond donors (Lipinski definition) is 1. The first-order valence-corrected chi connectivity index (χ1v) is 7.07. The number of alkyl halides is 3. The van der Waals surface area contributed by atoms with Gasteiger partial charge in [0.1, 0.15) is 0 Å². The second-order valence-corrected chi connectivity index (χ2v) is 5.84. The van der Waals surface area contributed by atoms with Crippen LogP contribution in [-0.2, 0) is 4.74 Å². The Kier molecular flexibility index (Phi) is 4.49. The molecule has 0 aromatic rings. The van der Waals surface area contributed by atoms with E-state index in [0.29, 0.717) is 25.5 Å². The smallest absolute Gasteiger partial charge is 0.381 e. The van der Waals surface area contributed by atoms with Crippen LogP contribution < -0.4 is 0 Å². The monoisotopic (exact) mass is 283 g/mol. The minimum Gasteiger partial charge on any atom is -0.381 e. The maximum absolute atomic E-state index is 12.6. The number of nitrogens with zero attached hydrogens (tertiary/aromatic N) is 1. The molecule has 0 atom stereocenters. The van der Waals surface area contributed by atoms with Gasteiger partial charge in [-0.15, -0.1) is 0 Å². The van der Waals surface area contributed by atoms with Crippen LogP contribution in [0.15, 0.2) is 0 Å². The zero-order chi connectivity index (χ0) is 13.2. The molecule has 0 amide bonds. The van der Waals surface area contributed by atoms with Gasteiger partial charge in [-0.25, -0.2) is 0 Å². The van der Waals surface area contributed by atoms with Crippen molar-refractivity contribution in [2.24, 2.45) is 5.41 Å². The average molecular weight is 283 g/mol. The van der Waals surface area contributed by atoms with Gasteiger partial charge in [-0.2, -0.15) is 25.8 Å². The Morgan fingerprint density at radius 2 is 1.83 bits per heavy atom. The van der Waals surface area contributed by atoms with E-state index in [0.717, 1.165) is 25.7 Å². The minimum atomic E-state index is -4.11. The van der Waals surface area contributed by atoms with Gasteiger partial charge in [0, 0.05) is 25.8 Å². The molecule has 6 heteroatoms. The summed E-state index contributed by atoms with van der Waals surface area (Å²) in [6, 6.07) is 0.131. The zero-order valence-corrected chi connectivity index (χ0v) is 11.3. The summed E-state index contributed by atoms with van der Waals surface area (Å²) in [4.78, 5) is 1.61. The Morgan fingerprint density at radius 1 is 1.22 bits per heavy atom. The van der Waals surface area contributed by atoms with Crippen LogP contribution in [0.5, 0.6) is 0 Å². The fourth-order valence-corrected chi connectivity index (χ4v) is 3.00. The molecule has 0 aromatic carbocycles. The van der Waals surface area contributed by atoms with E-state index in [1.54, 1.807) is 4.90 Å². The maximum Gasteiger partial charge on any atom is 0.401 e. The molecule has 1 saturated heterocycles. The molecule has 106 valence electrons. The first kappa shape index (κ1) is 14.5. The summed E-state index contributed by atoms with van der Waals surface area (Å²) in [6.45, 7) is 1.01. The summed E-state index contributed by atoms with van der Waals surface area (Å²) in [7, 11) is 0. The third-order valence-corrected chi connectivity index (χ3v) is 4.54. The van der Waals surface area contributed by atoms with Crippen molar-refractivity contribution in [2.45, 2.75) is 37.9 Å². The van der Waals surface area contributed by atoms with Gasteiger partial charge in [-0.05, 0) is 36.9 Å². The van der Waals surface area contributed by atoms with E-state index in [1.807, 2.05) is 0 Å². The molecule has 18 heavy (non-hydrogen) atoms. The summed E-state index contributed by atoms with van der Waals surface area (Å²) in [6.07, 6.45) is -0.675. The van der Waals surface area contributed by atoms with Gasteiger partial charge in [0.15, 0.2) is 0 Å². The van der Waals surface area contributed by atoms with E-state index in [4.69, 9.17) is 4.74 Å². The number of hydrogen-bond acceptors (Lipinski definition) is 3. The maximum atomic E-state index is 12.6. The lowest BCUT2D eigenvalue weighted by Gasteiger charge is -2.40. The van der Waals surface area contributed by atoms with Gasteiger partial charge in [0.2, 0.25) is 0 Å². The summed E-state index contributed by atoms with van der Waals surface area (Å²) in [5.41, 5.74) is -0.102. The van der Waals surface area contributed by atoms with E-state index in [1.165, 1.54) is 0 Å². The van der Waals surface area contributed by atoms with E-state index in [-0.39, 0.29) is 11.5 Å². The second kappa shape index (κ2) is 5.59. The van der Waals surface area contributed by atoms with Crippen molar-refractivity contribution in [1.82, 2.24) is 4.90 Å². The van der Waals surface area contributed by atoms with Gasteiger partial charge >= 0.3 is 6.18 Å². The van der Waals surface area contributed by atoms with Crippen LogP contribution in [-0.4, -0.2) is 49.2 Å². The summed E-state index contributed by atoms with van der Waals surface area (Å²) < 4.78 is 43.1. The Hall–Kier alpha value is 0.0600. The van der Waals surface area contributed by atoms with Crippen molar-refractivity contribution in [3.05, 3.63) is 0 Å². The fourth-order valence-electron chi connectivity index (χ4n) is 2.59. The molecule has 0 aromatic heterocycles. The molecular formula is C12H20F3NOS.